The number of aryl methyl sites for hydroxylation is 1. The second-order valence-corrected chi connectivity index (χ2v) is 2.63. The summed E-state index contributed by atoms with van der Waals surface area (Å²) in [6.07, 6.45) is 0.952. The van der Waals surface area contributed by atoms with Gasteiger partial charge >= 0.3 is 0 Å². The Labute approximate surface area is 74.7 Å². The third-order valence-electron chi connectivity index (χ3n) is 1.73. The van der Waals surface area contributed by atoms with E-state index >= 15 is 0 Å². The minimum atomic E-state index is -1.11. The van der Waals surface area contributed by atoms with E-state index in [0.717, 1.165) is 6.08 Å². The second-order valence-electron chi connectivity index (χ2n) is 2.63. The van der Waals surface area contributed by atoms with Crippen molar-refractivity contribution in [3.63, 3.8) is 0 Å². The lowest BCUT2D eigenvalue weighted by Gasteiger charge is -2.01. The van der Waals surface area contributed by atoms with Crippen molar-refractivity contribution in [2.24, 2.45) is 0 Å². The monoisotopic (exact) mass is 182 g/mol. The molecule has 0 bridgehead atoms. The van der Waals surface area contributed by atoms with Crippen LogP contribution in [0, 0.1) is 18.6 Å². The van der Waals surface area contributed by atoms with Crippen molar-refractivity contribution in [3.05, 3.63) is 47.5 Å². The molecule has 0 aliphatic carbocycles. The fourth-order valence-corrected chi connectivity index (χ4v) is 0.946. The van der Waals surface area contributed by atoms with Crippen molar-refractivity contribution >= 4 is 5.78 Å². The van der Waals surface area contributed by atoms with Crippen molar-refractivity contribution < 1.29 is 13.6 Å². The fraction of sp³-hybridized carbons (Fsp3) is 0.100. The molecule has 1 nitrogen and oxygen atoms in total. The summed E-state index contributed by atoms with van der Waals surface area (Å²) in [6, 6.07) is 2.60. The van der Waals surface area contributed by atoms with E-state index in [4.69, 9.17) is 0 Å². The van der Waals surface area contributed by atoms with Gasteiger partial charge in [0.2, 0.25) is 0 Å². The van der Waals surface area contributed by atoms with E-state index in [1.807, 2.05) is 0 Å². The first kappa shape index (κ1) is 9.58. The van der Waals surface area contributed by atoms with Crippen LogP contribution >= 0.6 is 0 Å². The van der Waals surface area contributed by atoms with Crippen LogP contribution in [0.3, 0.4) is 0 Å². The molecule has 0 amide bonds. The van der Waals surface area contributed by atoms with Gasteiger partial charge in [-0.05, 0) is 24.6 Å². The van der Waals surface area contributed by atoms with Crippen LogP contribution in [0.1, 0.15) is 15.9 Å². The molecule has 0 atom stereocenters. The molecule has 0 aliphatic rings. The van der Waals surface area contributed by atoms with Gasteiger partial charge in [0.25, 0.3) is 0 Å². The maximum atomic E-state index is 13.1. The van der Waals surface area contributed by atoms with Crippen molar-refractivity contribution in [1.29, 1.82) is 0 Å². The highest BCUT2D eigenvalue weighted by Crippen LogP contribution is 2.16. The summed E-state index contributed by atoms with van der Waals surface area (Å²) in [4.78, 5) is 11.0. The second kappa shape index (κ2) is 3.47. The van der Waals surface area contributed by atoms with Crippen LogP contribution < -0.4 is 0 Å². The van der Waals surface area contributed by atoms with Gasteiger partial charge < -0.3 is 0 Å². The number of rotatable bonds is 2. The van der Waals surface area contributed by atoms with Crippen molar-refractivity contribution in [2.75, 3.05) is 0 Å². The summed E-state index contributed by atoms with van der Waals surface area (Å²) in [5.41, 5.74) is -0.101. The highest BCUT2D eigenvalue weighted by Gasteiger charge is 2.14. The molecule has 0 spiro atoms. The van der Waals surface area contributed by atoms with Crippen LogP contribution in [0.4, 0.5) is 8.78 Å². The lowest BCUT2D eigenvalue weighted by atomic mass is 10.1. The minimum absolute atomic E-state index is 0.179. The Hall–Kier alpha value is -1.51. The fourth-order valence-electron chi connectivity index (χ4n) is 0.946. The van der Waals surface area contributed by atoms with E-state index < -0.39 is 17.4 Å². The molecule has 0 saturated carbocycles. The van der Waals surface area contributed by atoms with Gasteiger partial charge in [-0.3, -0.25) is 4.79 Å². The molecular formula is C10H8F2O. The van der Waals surface area contributed by atoms with E-state index in [2.05, 4.69) is 6.58 Å². The van der Waals surface area contributed by atoms with Crippen molar-refractivity contribution in [3.8, 4) is 0 Å². The summed E-state index contributed by atoms with van der Waals surface area (Å²) < 4.78 is 26.0. The number of ketones is 1. The average Bonchev–Trinajstić information content (AvgIpc) is 2.13. The molecule has 0 aliphatic heterocycles. The molecular weight excluding hydrogens is 174 g/mol. The number of carbonyl (C=O) groups is 1. The third kappa shape index (κ3) is 1.64. The van der Waals surface area contributed by atoms with Crippen molar-refractivity contribution in [1.82, 2.24) is 0 Å². The molecule has 1 aromatic rings. The highest BCUT2D eigenvalue weighted by molar-refractivity contribution is 6.04. The van der Waals surface area contributed by atoms with Crippen LogP contribution in [0.2, 0.25) is 0 Å². The van der Waals surface area contributed by atoms with Gasteiger partial charge in [0.1, 0.15) is 0 Å². The maximum Gasteiger partial charge on any atom is 0.188 e. The molecule has 13 heavy (non-hydrogen) atoms. The van der Waals surface area contributed by atoms with E-state index in [-0.39, 0.29) is 11.1 Å². The Morgan fingerprint density at radius 2 is 2.00 bits per heavy atom. The Morgan fingerprint density at radius 3 is 2.54 bits per heavy atom. The smallest absolute Gasteiger partial charge is 0.188 e. The molecule has 0 unspecified atom stereocenters. The molecule has 0 saturated heterocycles. The first-order chi connectivity index (χ1) is 6.07. The molecule has 1 rings (SSSR count). The zero-order valence-electron chi connectivity index (χ0n) is 7.10. The number of carbonyl (C=O) groups excluding carboxylic acids is 1. The van der Waals surface area contributed by atoms with Crippen LogP contribution in [0.25, 0.3) is 0 Å². The standard InChI is InChI=1S/C10H8F2O/c1-3-8(13)7-5-4-6(2)9(11)10(7)12/h3-5H,1H2,2H3. The Morgan fingerprint density at radius 1 is 1.38 bits per heavy atom. The lowest BCUT2D eigenvalue weighted by molar-refractivity contribution is 0.104. The molecule has 0 aromatic heterocycles. The topological polar surface area (TPSA) is 17.1 Å². The third-order valence-corrected chi connectivity index (χ3v) is 1.73. The normalized spacial score (nSPS) is 9.77. The molecule has 0 fully saturated rings. The van der Waals surface area contributed by atoms with Gasteiger partial charge in [-0.2, -0.15) is 0 Å². The number of hydrogen-bond donors (Lipinski definition) is 0. The SMILES string of the molecule is C=CC(=O)c1ccc(C)c(F)c1F. The number of hydrogen-bond acceptors (Lipinski definition) is 1. The molecule has 68 valence electrons. The predicted molar refractivity (Wildman–Crippen MR) is 45.6 cm³/mol. The summed E-state index contributed by atoms with van der Waals surface area (Å²) in [5, 5.41) is 0. The molecule has 3 heteroatoms. The van der Waals surface area contributed by atoms with E-state index in [9.17, 15) is 13.6 Å². The Balaban J connectivity index is 3.33. The van der Waals surface area contributed by atoms with Crippen molar-refractivity contribution in [2.45, 2.75) is 6.92 Å². The molecule has 0 heterocycles. The zero-order valence-corrected chi connectivity index (χ0v) is 7.10. The summed E-state index contributed by atoms with van der Waals surface area (Å²) in [5.74, 6) is -2.70. The molecule has 1 aromatic carbocycles. The number of benzene rings is 1. The largest absolute Gasteiger partial charge is 0.289 e. The van der Waals surface area contributed by atoms with Gasteiger partial charge in [0, 0.05) is 0 Å². The quantitative estimate of drug-likeness (QED) is 0.507. The predicted octanol–water partition coefficient (Wildman–Crippen LogP) is 2.64. The van der Waals surface area contributed by atoms with Gasteiger partial charge in [-0.25, -0.2) is 8.78 Å². The maximum absolute atomic E-state index is 13.1. The highest BCUT2D eigenvalue weighted by atomic mass is 19.2. The van der Waals surface area contributed by atoms with E-state index in [0.29, 0.717) is 0 Å². The first-order valence-electron chi connectivity index (χ1n) is 3.69. The zero-order chi connectivity index (χ0) is 10.0. The van der Waals surface area contributed by atoms with Gasteiger partial charge in [-0.15, -0.1) is 0 Å². The van der Waals surface area contributed by atoms with Gasteiger partial charge in [-0.1, -0.05) is 12.6 Å². The van der Waals surface area contributed by atoms with Crippen LogP contribution in [-0.4, -0.2) is 5.78 Å². The van der Waals surface area contributed by atoms with Gasteiger partial charge in [0.15, 0.2) is 17.4 Å². The summed E-state index contributed by atoms with van der Waals surface area (Å²) in [6.45, 7) is 4.62. The van der Waals surface area contributed by atoms with Crippen LogP contribution in [0.15, 0.2) is 24.8 Å². The number of allylic oxidation sites excluding steroid dienone is 1. The molecule has 0 radical (unpaired) electrons. The summed E-state index contributed by atoms with van der Waals surface area (Å²) >= 11 is 0. The minimum Gasteiger partial charge on any atom is -0.289 e. The Bertz CT molecular complexity index is 369. The average molecular weight is 182 g/mol. The molecule has 0 N–H and O–H groups in total. The Kier molecular flexibility index (Phi) is 2.56. The van der Waals surface area contributed by atoms with E-state index in [1.54, 1.807) is 0 Å². The van der Waals surface area contributed by atoms with Crippen LogP contribution in [-0.2, 0) is 0 Å². The summed E-state index contributed by atoms with van der Waals surface area (Å²) in [7, 11) is 0. The van der Waals surface area contributed by atoms with E-state index in [1.165, 1.54) is 19.1 Å². The lowest BCUT2D eigenvalue weighted by Crippen LogP contribution is -2.02. The number of halogens is 2. The van der Waals surface area contributed by atoms with Crippen LogP contribution in [0.5, 0.6) is 0 Å². The van der Waals surface area contributed by atoms with Gasteiger partial charge in [0.05, 0.1) is 5.56 Å². The first-order valence-corrected chi connectivity index (χ1v) is 3.69.